The van der Waals surface area contributed by atoms with Crippen LogP contribution in [0.4, 0.5) is 5.13 Å². The van der Waals surface area contributed by atoms with E-state index < -0.39 is 5.97 Å². The summed E-state index contributed by atoms with van der Waals surface area (Å²) in [5.41, 5.74) is 0.358. The van der Waals surface area contributed by atoms with Gasteiger partial charge < -0.3 is 15.4 Å². The van der Waals surface area contributed by atoms with Gasteiger partial charge in [-0.3, -0.25) is 4.79 Å². The van der Waals surface area contributed by atoms with Gasteiger partial charge in [-0.1, -0.05) is 44.9 Å². The average Bonchev–Trinajstić information content (AvgIpc) is 3.17. The number of ether oxygens (including phenoxy) is 1. The topological polar surface area (TPSA) is 80.3 Å². The first-order valence-electron chi connectivity index (χ1n) is 8.96. The van der Waals surface area contributed by atoms with Crippen molar-refractivity contribution in [2.45, 2.75) is 70.4 Å². The van der Waals surface area contributed by atoms with Gasteiger partial charge >= 0.3 is 5.97 Å². The molecular weight excluding hydrogens is 338 g/mol. The van der Waals surface area contributed by atoms with E-state index in [0.29, 0.717) is 27.7 Å². The summed E-state index contributed by atoms with van der Waals surface area (Å²) in [6, 6.07) is 0.299. The highest BCUT2D eigenvalue weighted by molar-refractivity contribution is 7.17. The average molecular weight is 365 g/mol. The van der Waals surface area contributed by atoms with E-state index >= 15 is 0 Å². The minimum absolute atomic E-state index is 0.0555. The van der Waals surface area contributed by atoms with E-state index in [0.717, 1.165) is 12.8 Å². The van der Waals surface area contributed by atoms with Crippen LogP contribution in [0.3, 0.4) is 0 Å². The number of carbonyl (C=O) groups is 2. The minimum atomic E-state index is -0.409. The molecule has 1 aromatic rings. The van der Waals surface area contributed by atoms with Crippen molar-refractivity contribution in [3.05, 3.63) is 10.6 Å². The Labute approximate surface area is 152 Å². The predicted octanol–water partition coefficient (Wildman–Crippen LogP) is 3.09. The van der Waals surface area contributed by atoms with Crippen LogP contribution < -0.4 is 10.6 Å². The molecule has 138 valence electrons. The van der Waals surface area contributed by atoms with Crippen molar-refractivity contribution in [3.8, 4) is 0 Å². The van der Waals surface area contributed by atoms with Crippen LogP contribution in [0.5, 0.6) is 0 Å². The molecule has 25 heavy (non-hydrogen) atoms. The third-order valence-electron chi connectivity index (χ3n) is 5.12. The Morgan fingerprint density at radius 2 is 2.00 bits per heavy atom. The van der Waals surface area contributed by atoms with Gasteiger partial charge in [-0.05, 0) is 25.2 Å². The monoisotopic (exact) mass is 365 g/mol. The molecule has 7 heteroatoms. The molecule has 1 aliphatic carbocycles. The van der Waals surface area contributed by atoms with Gasteiger partial charge in [0.25, 0.3) is 0 Å². The number of nitrogens with zero attached hydrogens (tertiary/aromatic N) is 1. The Balaban J connectivity index is 1.73. The molecule has 2 fully saturated rings. The number of thiazole rings is 1. The van der Waals surface area contributed by atoms with Gasteiger partial charge in [0.15, 0.2) is 5.13 Å². The normalized spacial score (nSPS) is 26.2. The van der Waals surface area contributed by atoms with E-state index in [1.165, 1.54) is 37.7 Å². The number of aromatic nitrogens is 1. The third kappa shape index (κ3) is 3.87. The van der Waals surface area contributed by atoms with Crippen molar-refractivity contribution in [3.63, 3.8) is 0 Å². The number of hydrogen-bond acceptors (Lipinski definition) is 6. The molecule has 1 amide bonds. The number of esters is 1. The molecular formula is C18H27N3O3S. The first-order valence-corrected chi connectivity index (χ1v) is 9.77. The Bertz CT molecular complexity index is 651. The molecule has 1 aromatic heterocycles. The summed E-state index contributed by atoms with van der Waals surface area (Å²) in [4.78, 5) is 29.6. The van der Waals surface area contributed by atoms with Crippen molar-refractivity contribution < 1.29 is 14.3 Å². The third-order valence-corrected chi connectivity index (χ3v) is 6.07. The second-order valence-electron chi connectivity index (χ2n) is 8.03. The lowest BCUT2D eigenvalue weighted by molar-refractivity contribution is -0.117. The zero-order chi connectivity index (χ0) is 18.2. The predicted molar refractivity (Wildman–Crippen MR) is 98.1 cm³/mol. The van der Waals surface area contributed by atoms with Gasteiger partial charge in [0, 0.05) is 11.5 Å². The molecule has 3 unspecified atom stereocenters. The van der Waals surface area contributed by atoms with Crippen LogP contribution in [0.2, 0.25) is 0 Å². The van der Waals surface area contributed by atoms with Gasteiger partial charge in [-0.2, -0.15) is 0 Å². The highest BCUT2D eigenvalue weighted by Crippen LogP contribution is 2.35. The smallest absolute Gasteiger partial charge is 0.350 e. The van der Waals surface area contributed by atoms with Gasteiger partial charge in [0.2, 0.25) is 5.91 Å². The van der Waals surface area contributed by atoms with Crippen LogP contribution in [-0.4, -0.2) is 36.1 Å². The molecule has 2 heterocycles. The number of nitrogens with one attached hydrogen (secondary N) is 2. The van der Waals surface area contributed by atoms with Gasteiger partial charge in [0.1, 0.15) is 4.88 Å². The quantitative estimate of drug-likeness (QED) is 0.805. The number of hydrogen-bond donors (Lipinski definition) is 2. The van der Waals surface area contributed by atoms with Gasteiger partial charge in [0.05, 0.1) is 18.8 Å². The molecule has 2 N–H and O–H groups in total. The Morgan fingerprint density at radius 1 is 1.28 bits per heavy atom. The Morgan fingerprint density at radius 3 is 2.64 bits per heavy atom. The number of amides is 1. The number of rotatable bonds is 3. The van der Waals surface area contributed by atoms with Crippen LogP contribution >= 0.6 is 11.3 Å². The second kappa shape index (κ2) is 7.03. The van der Waals surface area contributed by atoms with Crippen LogP contribution in [0, 0.1) is 5.92 Å². The standard InChI is InChI=1S/C18H27N3O3S/c1-18(2,3)14-13(16(23)24-4)25-17(20-14)21-15(22)12-9-10-7-5-6-8-11(10)19-12/h10-12,19H,5-9H2,1-4H3,(H,20,21,22). The van der Waals surface area contributed by atoms with Crippen LogP contribution in [-0.2, 0) is 14.9 Å². The molecule has 1 saturated carbocycles. The lowest BCUT2D eigenvalue weighted by atomic mass is 9.85. The lowest BCUT2D eigenvalue weighted by Crippen LogP contribution is -2.39. The molecule has 1 aliphatic heterocycles. The summed E-state index contributed by atoms with van der Waals surface area (Å²) in [6.45, 7) is 5.97. The summed E-state index contributed by atoms with van der Waals surface area (Å²) < 4.78 is 4.86. The fourth-order valence-electron chi connectivity index (χ4n) is 3.83. The van der Waals surface area contributed by atoms with Crippen molar-refractivity contribution in [2.24, 2.45) is 5.92 Å². The lowest BCUT2D eigenvalue weighted by Gasteiger charge is -2.24. The van der Waals surface area contributed by atoms with E-state index in [9.17, 15) is 9.59 Å². The SMILES string of the molecule is COC(=O)c1sc(NC(=O)C2CC3CCCCC3N2)nc1C(C)(C)C. The number of carbonyl (C=O) groups excluding carboxylic acids is 2. The van der Waals surface area contributed by atoms with Crippen LogP contribution in [0.1, 0.15) is 68.2 Å². The maximum absolute atomic E-state index is 12.6. The maximum Gasteiger partial charge on any atom is 0.350 e. The summed E-state index contributed by atoms with van der Waals surface area (Å²) in [5, 5.41) is 6.84. The number of anilines is 1. The van der Waals surface area contributed by atoms with E-state index in [2.05, 4.69) is 15.6 Å². The zero-order valence-electron chi connectivity index (χ0n) is 15.3. The maximum atomic E-state index is 12.6. The number of fused-ring (bicyclic) bond motifs is 1. The van der Waals surface area contributed by atoms with Crippen molar-refractivity contribution in [1.82, 2.24) is 10.3 Å². The van der Waals surface area contributed by atoms with E-state index in [4.69, 9.17) is 4.74 Å². The van der Waals surface area contributed by atoms with Crippen molar-refractivity contribution in [2.75, 3.05) is 12.4 Å². The summed E-state index contributed by atoms with van der Waals surface area (Å²) >= 11 is 1.19. The van der Waals surface area contributed by atoms with Crippen molar-refractivity contribution >= 4 is 28.3 Å². The summed E-state index contributed by atoms with van der Waals surface area (Å²) in [6.07, 6.45) is 5.76. The molecule has 0 spiro atoms. The molecule has 0 radical (unpaired) electrons. The molecule has 3 rings (SSSR count). The minimum Gasteiger partial charge on any atom is -0.465 e. The van der Waals surface area contributed by atoms with Crippen molar-refractivity contribution in [1.29, 1.82) is 0 Å². The Hall–Kier alpha value is -1.47. The first-order chi connectivity index (χ1) is 11.8. The second-order valence-corrected chi connectivity index (χ2v) is 9.03. The van der Waals surface area contributed by atoms with Gasteiger partial charge in [-0.15, -0.1) is 0 Å². The molecule has 1 saturated heterocycles. The molecule has 2 aliphatic rings. The van der Waals surface area contributed by atoms with Gasteiger partial charge in [-0.25, -0.2) is 9.78 Å². The highest BCUT2D eigenvalue weighted by atomic mass is 32.1. The molecule has 6 nitrogen and oxygen atoms in total. The molecule has 3 atom stereocenters. The Kier molecular flexibility index (Phi) is 5.16. The van der Waals surface area contributed by atoms with Crippen LogP contribution in [0.15, 0.2) is 0 Å². The summed E-state index contributed by atoms with van der Waals surface area (Å²) in [7, 11) is 1.36. The first kappa shape index (κ1) is 18.3. The van der Waals surface area contributed by atoms with E-state index in [1.807, 2.05) is 20.8 Å². The highest BCUT2D eigenvalue weighted by Gasteiger charge is 2.38. The fourth-order valence-corrected chi connectivity index (χ4v) is 4.92. The van der Waals surface area contributed by atoms with Crippen LogP contribution in [0.25, 0.3) is 0 Å². The van der Waals surface area contributed by atoms with E-state index in [1.54, 1.807) is 0 Å². The summed E-state index contributed by atoms with van der Waals surface area (Å²) in [5.74, 6) is 0.143. The zero-order valence-corrected chi connectivity index (χ0v) is 16.2. The molecule has 0 aromatic carbocycles. The fraction of sp³-hybridized carbons (Fsp3) is 0.722. The number of methoxy groups -OCH3 is 1. The van der Waals surface area contributed by atoms with E-state index in [-0.39, 0.29) is 17.4 Å². The molecule has 0 bridgehead atoms. The largest absolute Gasteiger partial charge is 0.465 e.